The van der Waals surface area contributed by atoms with Crippen molar-refractivity contribution < 1.29 is 36.7 Å². The lowest BCUT2D eigenvalue weighted by Gasteiger charge is -2.27. The maximum atomic E-state index is 14.8. The molecule has 3 amide bonds. The smallest absolute Gasteiger partial charge is 0.444 e. The molecule has 1 saturated carbocycles. The Morgan fingerprint density at radius 3 is 2.52 bits per heavy atom. The summed E-state index contributed by atoms with van der Waals surface area (Å²) in [5.41, 5.74) is -0.335. The summed E-state index contributed by atoms with van der Waals surface area (Å²) in [5, 5.41) is 12.1. The van der Waals surface area contributed by atoms with E-state index in [2.05, 4.69) is 25.8 Å². The Hall–Kier alpha value is -4.21. The summed E-state index contributed by atoms with van der Waals surface area (Å²) < 4.78 is 58.7. The SMILES string of the molecule is CC(C)(C)OC(=O)Nc1sc(-c2ccccc2F)nc1C(=O)N(CC1CC1)c1cn[nH]c1N1CCCC(NC(=O)C(F)(F)F)CC1. The first kappa shape index (κ1) is 33.2. The molecular weight excluding hydrogens is 630 g/mol. The third kappa shape index (κ3) is 8.13. The molecule has 1 aliphatic carbocycles. The number of carbonyl (C=O) groups is 3. The van der Waals surface area contributed by atoms with Crippen LogP contribution in [-0.2, 0) is 9.53 Å². The van der Waals surface area contributed by atoms with E-state index in [1.54, 1.807) is 26.8 Å². The number of hydrogen-bond donors (Lipinski definition) is 3. The van der Waals surface area contributed by atoms with Crippen LogP contribution in [0.1, 0.15) is 63.4 Å². The number of amides is 3. The lowest BCUT2D eigenvalue weighted by molar-refractivity contribution is -0.174. The number of aromatic nitrogens is 3. The second kappa shape index (κ2) is 13.3. The fourth-order valence-electron chi connectivity index (χ4n) is 5.11. The summed E-state index contributed by atoms with van der Waals surface area (Å²) in [6, 6.07) is 5.31. The van der Waals surface area contributed by atoms with Crippen molar-refractivity contribution in [2.75, 3.05) is 34.8 Å². The lowest BCUT2D eigenvalue weighted by atomic mass is 10.1. The number of rotatable bonds is 8. The van der Waals surface area contributed by atoms with Crippen molar-refractivity contribution in [3.63, 3.8) is 0 Å². The highest BCUT2D eigenvalue weighted by Crippen LogP contribution is 2.39. The predicted octanol–water partition coefficient (Wildman–Crippen LogP) is 6.11. The van der Waals surface area contributed by atoms with Crippen molar-refractivity contribution in [1.82, 2.24) is 20.5 Å². The fraction of sp³-hybridized carbons (Fsp3) is 0.500. The highest BCUT2D eigenvalue weighted by Gasteiger charge is 2.40. The molecule has 0 radical (unpaired) electrons. The van der Waals surface area contributed by atoms with Crippen LogP contribution in [0.25, 0.3) is 10.6 Å². The van der Waals surface area contributed by atoms with Gasteiger partial charge in [0.1, 0.15) is 32.9 Å². The molecule has 46 heavy (non-hydrogen) atoms. The van der Waals surface area contributed by atoms with E-state index < -0.39 is 41.5 Å². The van der Waals surface area contributed by atoms with Crippen LogP contribution in [0.3, 0.4) is 0 Å². The molecule has 1 aliphatic heterocycles. The molecule has 16 heteroatoms. The minimum absolute atomic E-state index is 0.0846. The van der Waals surface area contributed by atoms with Crippen molar-refractivity contribution in [1.29, 1.82) is 0 Å². The van der Waals surface area contributed by atoms with Gasteiger partial charge in [-0.05, 0) is 70.9 Å². The number of halogens is 4. The molecular formula is C30H35F4N7O4S. The van der Waals surface area contributed by atoms with Gasteiger partial charge in [-0.1, -0.05) is 23.5 Å². The first-order valence-corrected chi connectivity index (χ1v) is 15.7. The van der Waals surface area contributed by atoms with Gasteiger partial charge in [0.15, 0.2) is 5.69 Å². The van der Waals surface area contributed by atoms with Gasteiger partial charge in [0, 0.05) is 31.2 Å². The van der Waals surface area contributed by atoms with Gasteiger partial charge in [-0.3, -0.25) is 20.0 Å². The van der Waals surface area contributed by atoms with E-state index in [1.165, 1.54) is 29.3 Å². The molecule has 1 atom stereocenters. The Balaban J connectivity index is 1.44. The average Bonchev–Trinajstić information content (AvgIpc) is 3.58. The second-order valence-electron chi connectivity index (χ2n) is 12.4. The third-order valence-corrected chi connectivity index (χ3v) is 8.46. The van der Waals surface area contributed by atoms with Crippen molar-refractivity contribution >= 4 is 45.8 Å². The van der Waals surface area contributed by atoms with Gasteiger partial charge in [0.25, 0.3) is 5.91 Å². The molecule has 11 nitrogen and oxygen atoms in total. The normalized spacial score (nSPS) is 17.3. The molecule has 3 aromatic rings. The molecule has 1 saturated heterocycles. The van der Waals surface area contributed by atoms with E-state index in [1.807, 2.05) is 4.90 Å². The largest absolute Gasteiger partial charge is 0.471 e. The summed E-state index contributed by atoms with van der Waals surface area (Å²) in [5.74, 6) is -2.36. The number of benzene rings is 1. The number of H-pyrrole nitrogens is 1. The predicted molar refractivity (Wildman–Crippen MR) is 164 cm³/mol. The molecule has 3 heterocycles. The van der Waals surface area contributed by atoms with Crippen LogP contribution in [0.15, 0.2) is 30.5 Å². The molecule has 5 rings (SSSR count). The average molecular weight is 666 g/mol. The highest BCUT2D eigenvalue weighted by atomic mass is 32.1. The Morgan fingerprint density at radius 2 is 1.85 bits per heavy atom. The van der Waals surface area contributed by atoms with Gasteiger partial charge < -0.3 is 19.9 Å². The molecule has 2 fully saturated rings. The fourth-order valence-corrected chi connectivity index (χ4v) is 6.08. The molecule has 1 aromatic carbocycles. The van der Waals surface area contributed by atoms with Crippen molar-refractivity contribution in [2.45, 2.75) is 70.7 Å². The lowest BCUT2D eigenvalue weighted by Crippen LogP contribution is -2.43. The Labute approximate surface area is 266 Å². The first-order chi connectivity index (χ1) is 21.7. The van der Waals surface area contributed by atoms with Gasteiger partial charge in [-0.25, -0.2) is 14.2 Å². The van der Waals surface area contributed by atoms with Gasteiger partial charge in [-0.2, -0.15) is 18.3 Å². The van der Waals surface area contributed by atoms with Crippen LogP contribution in [0.2, 0.25) is 0 Å². The van der Waals surface area contributed by atoms with E-state index >= 15 is 0 Å². The molecule has 0 spiro atoms. The van der Waals surface area contributed by atoms with Crippen molar-refractivity contribution in [3.05, 3.63) is 42.0 Å². The number of nitrogens with zero attached hydrogens (tertiary/aromatic N) is 4. The number of thiazole rings is 1. The summed E-state index contributed by atoms with van der Waals surface area (Å²) >= 11 is 0.941. The topological polar surface area (TPSA) is 133 Å². The van der Waals surface area contributed by atoms with Gasteiger partial charge >= 0.3 is 18.2 Å². The van der Waals surface area contributed by atoms with E-state index in [-0.39, 0.29) is 33.6 Å². The Kier molecular flexibility index (Phi) is 9.56. The number of ether oxygens (including phenoxy) is 1. The monoisotopic (exact) mass is 665 g/mol. The maximum absolute atomic E-state index is 14.8. The minimum atomic E-state index is -4.97. The molecule has 0 bridgehead atoms. The van der Waals surface area contributed by atoms with Gasteiger partial charge in [0.05, 0.1) is 6.20 Å². The second-order valence-corrected chi connectivity index (χ2v) is 13.4. The van der Waals surface area contributed by atoms with Crippen LogP contribution < -0.4 is 20.4 Å². The van der Waals surface area contributed by atoms with E-state index in [0.29, 0.717) is 44.0 Å². The molecule has 2 aliphatic rings. The summed E-state index contributed by atoms with van der Waals surface area (Å²) in [7, 11) is 0. The van der Waals surface area contributed by atoms with E-state index in [0.717, 1.165) is 24.2 Å². The van der Waals surface area contributed by atoms with Gasteiger partial charge in [-0.15, -0.1) is 0 Å². The van der Waals surface area contributed by atoms with Crippen LogP contribution in [0.5, 0.6) is 0 Å². The van der Waals surface area contributed by atoms with Crippen LogP contribution in [-0.4, -0.2) is 70.5 Å². The van der Waals surface area contributed by atoms with E-state index in [4.69, 9.17) is 4.74 Å². The van der Waals surface area contributed by atoms with Crippen molar-refractivity contribution in [2.24, 2.45) is 5.92 Å². The standard InChI is InChI=1S/C30H35F4N7O4S/c1-29(2,3)45-28(44)38-25-22(37-24(46-25)19-8-4-5-9-20(19)31)26(42)41(16-17-10-11-17)21-15-35-39-23(21)40-13-6-7-18(12-14-40)36-27(43)30(32,33)34/h4-5,8-9,15,17-18H,6-7,10-14,16H2,1-3H3,(H,35,39)(H,36,43)(H,38,44). The Bertz CT molecular complexity index is 1580. The maximum Gasteiger partial charge on any atom is 0.471 e. The van der Waals surface area contributed by atoms with E-state index in [9.17, 15) is 31.9 Å². The van der Waals surface area contributed by atoms with Crippen LogP contribution in [0.4, 0.5) is 38.9 Å². The highest BCUT2D eigenvalue weighted by molar-refractivity contribution is 7.19. The number of nitrogens with one attached hydrogen (secondary N) is 3. The number of hydrogen-bond acceptors (Lipinski definition) is 8. The number of alkyl halides is 3. The zero-order valence-corrected chi connectivity index (χ0v) is 26.4. The van der Waals surface area contributed by atoms with Crippen molar-refractivity contribution in [3.8, 4) is 10.6 Å². The summed E-state index contributed by atoms with van der Waals surface area (Å²) in [6.45, 7) is 6.15. The minimum Gasteiger partial charge on any atom is -0.444 e. The number of carbonyl (C=O) groups excluding carboxylic acids is 3. The summed E-state index contributed by atoms with van der Waals surface area (Å²) in [6.07, 6.45) is -1.38. The molecule has 2 aromatic heterocycles. The quantitative estimate of drug-likeness (QED) is 0.247. The first-order valence-electron chi connectivity index (χ1n) is 14.9. The third-order valence-electron chi connectivity index (χ3n) is 7.46. The number of aromatic amines is 1. The Morgan fingerprint density at radius 1 is 1.11 bits per heavy atom. The zero-order chi connectivity index (χ0) is 33.2. The molecule has 3 N–H and O–H groups in total. The van der Waals surface area contributed by atoms with Crippen LogP contribution >= 0.6 is 11.3 Å². The molecule has 1 unspecified atom stereocenters. The van der Waals surface area contributed by atoms with Crippen LogP contribution in [0, 0.1) is 11.7 Å². The number of anilines is 3. The zero-order valence-electron chi connectivity index (χ0n) is 25.5. The summed E-state index contributed by atoms with van der Waals surface area (Å²) in [4.78, 5) is 46.6. The van der Waals surface area contributed by atoms with Gasteiger partial charge in [0.2, 0.25) is 0 Å². The molecule has 248 valence electrons.